The van der Waals surface area contributed by atoms with Crippen LogP contribution < -0.4 is 14.4 Å². The molecule has 1 atom stereocenters. The molecule has 2 heterocycles. The second-order valence-electron chi connectivity index (χ2n) is 7.44. The van der Waals surface area contributed by atoms with E-state index >= 15 is 0 Å². The fourth-order valence-corrected chi connectivity index (χ4v) is 4.30. The molecule has 2 aliphatic rings. The van der Waals surface area contributed by atoms with E-state index in [0.717, 1.165) is 48.6 Å². The van der Waals surface area contributed by atoms with Crippen molar-refractivity contribution in [3.63, 3.8) is 0 Å². The van der Waals surface area contributed by atoms with Gasteiger partial charge in [-0.2, -0.15) is 0 Å². The van der Waals surface area contributed by atoms with Crippen LogP contribution in [-0.4, -0.2) is 42.3 Å². The highest BCUT2D eigenvalue weighted by Crippen LogP contribution is 2.36. The minimum atomic E-state index is -1.04. The SMILES string of the molecule is CCOc1ccc(N2CC(O)(c3ccc(OC)cc3)[N+]3=C2CCCCC3)cc1. The molecule has 2 aliphatic heterocycles. The van der Waals surface area contributed by atoms with E-state index in [1.165, 1.54) is 12.3 Å². The first-order chi connectivity index (χ1) is 13.7. The van der Waals surface area contributed by atoms with Crippen LogP contribution in [0.3, 0.4) is 0 Å². The van der Waals surface area contributed by atoms with Crippen LogP contribution in [0.4, 0.5) is 5.69 Å². The number of ether oxygens (including phenoxy) is 2. The second-order valence-corrected chi connectivity index (χ2v) is 7.44. The Hall–Kier alpha value is -2.53. The van der Waals surface area contributed by atoms with E-state index in [1.54, 1.807) is 7.11 Å². The molecule has 2 aromatic carbocycles. The number of benzene rings is 2. The molecule has 0 amide bonds. The van der Waals surface area contributed by atoms with Gasteiger partial charge in [0.25, 0.3) is 11.6 Å². The third-order valence-electron chi connectivity index (χ3n) is 5.74. The van der Waals surface area contributed by atoms with E-state index in [1.807, 2.05) is 43.3 Å². The van der Waals surface area contributed by atoms with Gasteiger partial charge in [-0.05, 0) is 74.7 Å². The van der Waals surface area contributed by atoms with Crippen LogP contribution >= 0.6 is 0 Å². The van der Waals surface area contributed by atoms with Crippen molar-refractivity contribution in [2.24, 2.45) is 0 Å². The summed E-state index contributed by atoms with van der Waals surface area (Å²) in [7, 11) is 1.66. The average molecular weight is 381 g/mol. The van der Waals surface area contributed by atoms with Gasteiger partial charge in [0.1, 0.15) is 17.2 Å². The van der Waals surface area contributed by atoms with Gasteiger partial charge in [-0.15, -0.1) is 0 Å². The Morgan fingerprint density at radius 1 is 1.00 bits per heavy atom. The van der Waals surface area contributed by atoms with Crippen molar-refractivity contribution in [1.82, 2.24) is 0 Å². The second kappa shape index (κ2) is 7.84. The molecule has 4 rings (SSSR count). The summed E-state index contributed by atoms with van der Waals surface area (Å²) in [6.07, 6.45) is 4.42. The molecule has 0 aromatic heterocycles. The maximum Gasteiger partial charge on any atom is 0.271 e. The van der Waals surface area contributed by atoms with Crippen molar-refractivity contribution < 1.29 is 19.2 Å². The Balaban J connectivity index is 1.71. The Labute approximate surface area is 166 Å². The third-order valence-corrected chi connectivity index (χ3v) is 5.74. The number of aliphatic hydroxyl groups is 1. The predicted octanol–water partition coefficient (Wildman–Crippen LogP) is 3.74. The minimum absolute atomic E-state index is 0.517. The van der Waals surface area contributed by atoms with Crippen molar-refractivity contribution in [1.29, 1.82) is 0 Å². The van der Waals surface area contributed by atoms with Crippen LogP contribution in [0.25, 0.3) is 0 Å². The molecule has 2 aromatic rings. The van der Waals surface area contributed by atoms with Crippen LogP contribution in [0.5, 0.6) is 11.5 Å². The third kappa shape index (κ3) is 3.35. The van der Waals surface area contributed by atoms with Gasteiger partial charge in [-0.25, -0.2) is 9.48 Å². The summed E-state index contributed by atoms with van der Waals surface area (Å²) < 4.78 is 13.1. The number of anilines is 1. The molecule has 1 unspecified atom stereocenters. The van der Waals surface area contributed by atoms with Gasteiger partial charge < -0.3 is 14.6 Å². The average Bonchev–Trinajstić information content (AvgIpc) is 2.88. The predicted molar refractivity (Wildman–Crippen MR) is 110 cm³/mol. The molecule has 0 spiro atoms. The normalized spacial score (nSPS) is 22.0. The first-order valence-electron chi connectivity index (χ1n) is 10.2. The molecule has 5 heteroatoms. The fraction of sp³-hybridized carbons (Fsp3) is 0.435. The van der Waals surface area contributed by atoms with E-state index < -0.39 is 5.72 Å². The van der Waals surface area contributed by atoms with Crippen LogP contribution in [0, 0.1) is 0 Å². The van der Waals surface area contributed by atoms with Gasteiger partial charge in [0.2, 0.25) is 0 Å². The van der Waals surface area contributed by atoms with Crippen molar-refractivity contribution in [3.05, 3.63) is 54.1 Å². The molecular formula is C23H29N2O3+. The topological polar surface area (TPSA) is 44.9 Å². The summed E-state index contributed by atoms with van der Waals surface area (Å²) in [5.74, 6) is 2.88. The lowest BCUT2D eigenvalue weighted by molar-refractivity contribution is -0.658. The Bertz CT molecular complexity index is 845. The van der Waals surface area contributed by atoms with Gasteiger partial charge in [0, 0.05) is 12.0 Å². The number of amidine groups is 1. The molecule has 5 nitrogen and oxygen atoms in total. The Morgan fingerprint density at radius 2 is 1.71 bits per heavy atom. The lowest BCUT2D eigenvalue weighted by atomic mass is 10.0. The van der Waals surface area contributed by atoms with Crippen LogP contribution in [0.2, 0.25) is 0 Å². The molecule has 0 bridgehead atoms. The zero-order chi connectivity index (χ0) is 19.6. The molecule has 0 radical (unpaired) electrons. The summed E-state index contributed by atoms with van der Waals surface area (Å²) in [5.41, 5.74) is 0.959. The zero-order valence-electron chi connectivity index (χ0n) is 16.7. The van der Waals surface area contributed by atoms with Crippen LogP contribution in [-0.2, 0) is 5.72 Å². The van der Waals surface area contributed by atoms with E-state index in [2.05, 4.69) is 21.6 Å². The number of β-amino-alcohol motifs (C(OH)–C–C–N with tert-alkyl or cyclic N) is 1. The van der Waals surface area contributed by atoms with Crippen LogP contribution in [0.1, 0.15) is 38.2 Å². The minimum Gasteiger partial charge on any atom is -0.497 e. The van der Waals surface area contributed by atoms with E-state index in [4.69, 9.17) is 9.47 Å². The van der Waals surface area contributed by atoms with Crippen molar-refractivity contribution in [2.75, 3.05) is 31.7 Å². The van der Waals surface area contributed by atoms with Crippen molar-refractivity contribution in [3.8, 4) is 11.5 Å². The summed E-state index contributed by atoms with van der Waals surface area (Å²) in [5, 5.41) is 11.8. The van der Waals surface area contributed by atoms with E-state index in [-0.39, 0.29) is 0 Å². The van der Waals surface area contributed by atoms with Crippen LogP contribution in [0.15, 0.2) is 48.5 Å². The highest BCUT2D eigenvalue weighted by molar-refractivity contribution is 5.96. The Morgan fingerprint density at radius 3 is 2.39 bits per heavy atom. The monoisotopic (exact) mass is 381 g/mol. The maximum atomic E-state index is 11.8. The van der Waals surface area contributed by atoms with Crippen molar-refractivity contribution >= 4 is 11.5 Å². The fourth-order valence-electron chi connectivity index (χ4n) is 4.30. The number of rotatable bonds is 5. The van der Waals surface area contributed by atoms with E-state index in [9.17, 15) is 5.11 Å². The quantitative estimate of drug-likeness (QED) is 0.802. The molecule has 0 saturated carbocycles. The molecular weight excluding hydrogens is 352 g/mol. The molecule has 28 heavy (non-hydrogen) atoms. The Kier molecular flexibility index (Phi) is 5.27. The standard InChI is InChI=1S/C23H29N2O3/c1-3-28-21-14-10-19(11-15-21)24-17-23(26,18-8-12-20(27-2)13-9-18)25-16-6-4-5-7-22(24)25/h8-15,26H,3-7,16-17H2,1-2H3/q+1. The summed E-state index contributed by atoms with van der Waals surface area (Å²) in [6, 6.07) is 16.0. The molecule has 148 valence electrons. The summed E-state index contributed by atoms with van der Waals surface area (Å²) in [4.78, 5) is 2.27. The van der Waals surface area contributed by atoms with Gasteiger partial charge >= 0.3 is 0 Å². The maximum absolute atomic E-state index is 11.8. The largest absolute Gasteiger partial charge is 0.497 e. The molecule has 1 N–H and O–H groups in total. The first-order valence-corrected chi connectivity index (χ1v) is 10.2. The number of nitrogens with zero attached hydrogens (tertiary/aromatic N) is 2. The lowest BCUT2D eigenvalue weighted by Gasteiger charge is -2.23. The van der Waals surface area contributed by atoms with Gasteiger partial charge in [-0.3, -0.25) is 0 Å². The van der Waals surface area contributed by atoms with Crippen molar-refractivity contribution in [2.45, 2.75) is 38.3 Å². The number of hydrogen-bond acceptors (Lipinski definition) is 4. The van der Waals surface area contributed by atoms with Gasteiger partial charge in [-0.1, -0.05) is 0 Å². The highest BCUT2D eigenvalue weighted by atomic mass is 16.5. The number of methoxy groups -OCH3 is 1. The summed E-state index contributed by atoms with van der Waals surface area (Å²) in [6.45, 7) is 4.03. The smallest absolute Gasteiger partial charge is 0.271 e. The lowest BCUT2D eigenvalue weighted by Crippen LogP contribution is -2.41. The zero-order valence-corrected chi connectivity index (χ0v) is 16.7. The highest BCUT2D eigenvalue weighted by Gasteiger charge is 2.51. The molecule has 0 saturated heterocycles. The molecule has 0 fully saturated rings. The van der Waals surface area contributed by atoms with Gasteiger partial charge in [0.05, 0.1) is 20.3 Å². The summed E-state index contributed by atoms with van der Waals surface area (Å²) >= 11 is 0. The van der Waals surface area contributed by atoms with E-state index in [0.29, 0.717) is 13.2 Å². The molecule has 0 aliphatic carbocycles. The number of hydrogen-bond donors (Lipinski definition) is 1. The first kappa shape index (κ1) is 18.8. The van der Waals surface area contributed by atoms with Gasteiger partial charge in [0.15, 0.2) is 6.54 Å².